The van der Waals surface area contributed by atoms with Gasteiger partial charge in [-0.3, -0.25) is 9.59 Å². The van der Waals surface area contributed by atoms with Crippen LogP contribution in [0.1, 0.15) is 18.2 Å². The molecule has 4 heteroatoms. The molecule has 4 nitrogen and oxygen atoms in total. The monoisotopic (exact) mass is 218 g/mol. The summed E-state index contributed by atoms with van der Waals surface area (Å²) in [7, 11) is 0. The highest BCUT2D eigenvalue weighted by Gasteiger charge is 2.33. The molecule has 2 aliphatic heterocycles. The van der Waals surface area contributed by atoms with Crippen LogP contribution in [0.25, 0.3) is 0 Å². The van der Waals surface area contributed by atoms with Crippen molar-refractivity contribution in [2.24, 2.45) is 5.92 Å². The number of amides is 1. The van der Waals surface area contributed by atoms with E-state index >= 15 is 0 Å². The molecule has 1 aromatic rings. The Balaban J connectivity index is 2.06. The molecule has 3 rings (SSSR count). The van der Waals surface area contributed by atoms with Gasteiger partial charge in [-0.05, 0) is 24.8 Å². The molecular weight excluding hydrogens is 204 g/mol. The van der Waals surface area contributed by atoms with Gasteiger partial charge in [0.05, 0.1) is 6.04 Å². The molecule has 0 aliphatic carbocycles. The van der Waals surface area contributed by atoms with Crippen molar-refractivity contribution in [3.05, 3.63) is 34.2 Å². The molecule has 2 aliphatic rings. The summed E-state index contributed by atoms with van der Waals surface area (Å²) in [6, 6.07) is 5.63. The van der Waals surface area contributed by atoms with E-state index in [0.717, 1.165) is 31.5 Å². The van der Waals surface area contributed by atoms with Crippen LogP contribution in [-0.4, -0.2) is 29.0 Å². The predicted octanol–water partition coefficient (Wildman–Crippen LogP) is 0.424. The van der Waals surface area contributed by atoms with Gasteiger partial charge in [0.25, 0.3) is 5.56 Å². The van der Waals surface area contributed by atoms with E-state index in [1.807, 2.05) is 16.7 Å². The Kier molecular flexibility index (Phi) is 2.09. The normalized spacial score (nSPS) is 27.4. The fourth-order valence-corrected chi connectivity index (χ4v) is 3.05. The minimum absolute atomic E-state index is 0.0636. The fraction of sp³-hybridized carbons (Fsp3) is 0.500. The molecule has 2 bridgehead atoms. The Morgan fingerprint density at radius 1 is 1.31 bits per heavy atom. The van der Waals surface area contributed by atoms with Crippen LogP contribution in [0.5, 0.6) is 0 Å². The van der Waals surface area contributed by atoms with Crippen LogP contribution in [0.15, 0.2) is 23.0 Å². The topological polar surface area (TPSA) is 42.3 Å². The first kappa shape index (κ1) is 9.63. The number of hydrogen-bond donors (Lipinski definition) is 0. The van der Waals surface area contributed by atoms with Crippen molar-refractivity contribution in [1.82, 2.24) is 9.47 Å². The predicted molar refractivity (Wildman–Crippen MR) is 59.2 cm³/mol. The maximum Gasteiger partial charge on any atom is 0.251 e. The van der Waals surface area contributed by atoms with E-state index < -0.39 is 0 Å². The molecule has 0 saturated carbocycles. The third-order valence-electron chi connectivity index (χ3n) is 3.63. The summed E-state index contributed by atoms with van der Waals surface area (Å²) in [5, 5.41) is 0. The van der Waals surface area contributed by atoms with Crippen molar-refractivity contribution in [3.63, 3.8) is 0 Å². The standard InChI is InChI=1S/C12H14N2O2/c15-8-13-6-9-4-10-2-1-3-12(16)14(10)11(5-9)7-13/h1-3,8-9,11H,4-7H2/t9-,11-/m1/s1. The van der Waals surface area contributed by atoms with Gasteiger partial charge < -0.3 is 9.47 Å². The number of hydrogen-bond acceptors (Lipinski definition) is 2. The minimum Gasteiger partial charge on any atom is -0.343 e. The minimum atomic E-state index is 0.0636. The Labute approximate surface area is 93.5 Å². The van der Waals surface area contributed by atoms with Crippen LogP contribution in [-0.2, 0) is 11.2 Å². The average molecular weight is 218 g/mol. The Morgan fingerprint density at radius 3 is 3.00 bits per heavy atom. The zero-order valence-corrected chi connectivity index (χ0v) is 9.00. The van der Waals surface area contributed by atoms with Crippen molar-refractivity contribution < 1.29 is 4.79 Å². The average Bonchev–Trinajstić information content (AvgIpc) is 2.28. The number of likely N-dealkylation sites (tertiary alicyclic amines) is 1. The van der Waals surface area contributed by atoms with Gasteiger partial charge in [-0.2, -0.15) is 0 Å². The summed E-state index contributed by atoms with van der Waals surface area (Å²) in [5.74, 6) is 0.519. The molecule has 1 fully saturated rings. The Hall–Kier alpha value is -1.58. The highest BCUT2D eigenvalue weighted by Crippen LogP contribution is 2.32. The van der Waals surface area contributed by atoms with E-state index in [4.69, 9.17) is 0 Å². The number of fused-ring (bicyclic) bond motifs is 4. The summed E-state index contributed by atoms with van der Waals surface area (Å²) in [6.45, 7) is 1.51. The van der Waals surface area contributed by atoms with E-state index in [-0.39, 0.29) is 11.6 Å². The molecule has 0 aromatic carbocycles. The van der Waals surface area contributed by atoms with Gasteiger partial charge in [0, 0.05) is 24.8 Å². The van der Waals surface area contributed by atoms with E-state index in [1.165, 1.54) is 0 Å². The molecule has 1 amide bonds. The highest BCUT2D eigenvalue weighted by molar-refractivity contribution is 5.47. The Bertz CT molecular complexity index is 480. The van der Waals surface area contributed by atoms with Crippen LogP contribution in [0, 0.1) is 5.92 Å². The molecule has 0 N–H and O–H groups in total. The molecular formula is C12H14N2O2. The number of nitrogens with zero attached hydrogens (tertiary/aromatic N) is 2. The van der Waals surface area contributed by atoms with Crippen LogP contribution < -0.4 is 5.56 Å². The first-order chi connectivity index (χ1) is 7.78. The van der Waals surface area contributed by atoms with Crippen molar-refractivity contribution >= 4 is 6.41 Å². The maximum atomic E-state index is 11.8. The lowest BCUT2D eigenvalue weighted by Crippen LogP contribution is -2.47. The smallest absolute Gasteiger partial charge is 0.251 e. The zero-order valence-electron chi connectivity index (χ0n) is 9.00. The summed E-state index contributed by atoms with van der Waals surface area (Å²) in [6.07, 6.45) is 2.84. The number of rotatable bonds is 1. The number of piperidine rings is 1. The second kappa shape index (κ2) is 3.47. The molecule has 16 heavy (non-hydrogen) atoms. The molecule has 2 atom stereocenters. The lowest BCUT2D eigenvalue weighted by Gasteiger charge is -2.41. The van der Waals surface area contributed by atoms with Crippen molar-refractivity contribution in [1.29, 1.82) is 0 Å². The molecule has 84 valence electrons. The van der Waals surface area contributed by atoms with Crippen LogP contribution in [0.3, 0.4) is 0 Å². The first-order valence-electron chi connectivity index (χ1n) is 5.67. The molecule has 3 heterocycles. The van der Waals surface area contributed by atoms with Gasteiger partial charge in [0.1, 0.15) is 0 Å². The van der Waals surface area contributed by atoms with Crippen molar-refractivity contribution in [2.45, 2.75) is 18.9 Å². The first-order valence-corrected chi connectivity index (χ1v) is 5.67. The van der Waals surface area contributed by atoms with Crippen molar-refractivity contribution in [2.75, 3.05) is 13.1 Å². The van der Waals surface area contributed by atoms with Crippen LogP contribution in [0.2, 0.25) is 0 Å². The van der Waals surface area contributed by atoms with E-state index in [1.54, 1.807) is 11.0 Å². The van der Waals surface area contributed by atoms with Gasteiger partial charge in [0.15, 0.2) is 0 Å². The maximum absolute atomic E-state index is 11.8. The van der Waals surface area contributed by atoms with Crippen LogP contribution in [0.4, 0.5) is 0 Å². The molecule has 1 aromatic heterocycles. The van der Waals surface area contributed by atoms with E-state index in [9.17, 15) is 9.59 Å². The highest BCUT2D eigenvalue weighted by atomic mass is 16.1. The zero-order chi connectivity index (χ0) is 11.1. The van der Waals surface area contributed by atoms with Crippen molar-refractivity contribution in [3.8, 4) is 0 Å². The van der Waals surface area contributed by atoms with E-state index in [0.29, 0.717) is 12.5 Å². The SMILES string of the molecule is O=CN1C[C@@H]2Cc3cccc(=O)n3[C@H](C2)C1. The lowest BCUT2D eigenvalue weighted by atomic mass is 9.86. The quantitative estimate of drug-likeness (QED) is 0.641. The summed E-state index contributed by atoms with van der Waals surface area (Å²) < 4.78 is 1.87. The molecule has 1 saturated heterocycles. The van der Waals surface area contributed by atoms with Gasteiger partial charge >= 0.3 is 0 Å². The van der Waals surface area contributed by atoms with E-state index in [2.05, 4.69) is 0 Å². The number of carbonyl (C=O) groups excluding carboxylic acids is 1. The lowest BCUT2D eigenvalue weighted by molar-refractivity contribution is -0.121. The number of carbonyl (C=O) groups is 1. The third-order valence-corrected chi connectivity index (χ3v) is 3.63. The molecule has 0 radical (unpaired) electrons. The summed E-state index contributed by atoms with van der Waals surface area (Å²) in [5.41, 5.74) is 1.19. The summed E-state index contributed by atoms with van der Waals surface area (Å²) >= 11 is 0. The molecule has 0 unspecified atom stereocenters. The second-order valence-corrected chi connectivity index (χ2v) is 4.74. The van der Waals surface area contributed by atoms with Crippen LogP contribution >= 0.6 is 0 Å². The largest absolute Gasteiger partial charge is 0.343 e. The fourth-order valence-electron chi connectivity index (χ4n) is 3.05. The van der Waals surface area contributed by atoms with Gasteiger partial charge in [-0.25, -0.2) is 0 Å². The second-order valence-electron chi connectivity index (χ2n) is 4.74. The third kappa shape index (κ3) is 1.37. The van der Waals surface area contributed by atoms with Gasteiger partial charge in [0.2, 0.25) is 6.41 Å². The summed E-state index contributed by atoms with van der Waals surface area (Å²) in [4.78, 5) is 24.4. The number of pyridine rings is 1. The number of aromatic nitrogens is 1. The Morgan fingerprint density at radius 2 is 2.19 bits per heavy atom. The van der Waals surface area contributed by atoms with Gasteiger partial charge in [-0.15, -0.1) is 0 Å². The van der Waals surface area contributed by atoms with Gasteiger partial charge in [-0.1, -0.05) is 6.07 Å². The molecule has 0 spiro atoms.